The van der Waals surface area contributed by atoms with Crippen LogP contribution in [0.2, 0.25) is 0 Å². The van der Waals surface area contributed by atoms with Crippen LogP contribution < -0.4 is 0 Å². The number of pyridine rings is 1. The van der Waals surface area contributed by atoms with E-state index < -0.39 is 0 Å². The van der Waals surface area contributed by atoms with Crippen molar-refractivity contribution in [1.82, 2.24) is 9.88 Å². The van der Waals surface area contributed by atoms with Crippen molar-refractivity contribution in [3.63, 3.8) is 0 Å². The molecular formula is C19H22N2O2. The fraction of sp³-hybridized carbons (Fsp3) is 0.368. The molecule has 4 nitrogen and oxygen atoms in total. The molecule has 0 aliphatic carbocycles. The second-order valence-corrected chi connectivity index (χ2v) is 5.88. The van der Waals surface area contributed by atoms with Crippen LogP contribution in [-0.4, -0.2) is 28.5 Å². The average Bonchev–Trinajstić information content (AvgIpc) is 3.15. The van der Waals surface area contributed by atoms with Gasteiger partial charge in [0.15, 0.2) is 0 Å². The number of hydrogen-bond donors (Lipinski definition) is 0. The van der Waals surface area contributed by atoms with E-state index in [1.807, 2.05) is 60.4 Å². The molecule has 0 unspecified atom stereocenters. The first-order valence-corrected chi connectivity index (χ1v) is 8.12. The number of nitrogens with zero attached hydrogens (tertiary/aromatic N) is 2. The van der Waals surface area contributed by atoms with E-state index in [0.717, 1.165) is 24.1 Å². The third kappa shape index (κ3) is 3.77. The van der Waals surface area contributed by atoms with Crippen LogP contribution in [0, 0.1) is 0 Å². The zero-order valence-corrected chi connectivity index (χ0v) is 13.4. The molecule has 120 valence electrons. The fourth-order valence-corrected chi connectivity index (χ4v) is 2.93. The first kappa shape index (κ1) is 15.7. The lowest BCUT2D eigenvalue weighted by Gasteiger charge is -2.31. The average molecular weight is 310 g/mol. The summed E-state index contributed by atoms with van der Waals surface area (Å²) in [5, 5.41) is 0. The first-order chi connectivity index (χ1) is 11.3. The zero-order chi connectivity index (χ0) is 16.1. The maximum atomic E-state index is 12.9. The van der Waals surface area contributed by atoms with E-state index in [1.165, 1.54) is 0 Å². The lowest BCUT2D eigenvalue weighted by atomic mass is 10.1. The highest BCUT2D eigenvalue weighted by atomic mass is 16.5. The molecule has 2 heterocycles. The van der Waals surface area contributed by atoms with Gasteiger partial charge < -0.3 is 9.64 Å². The van der Waals surface area contributed by atoms with Gasteiger partial charge in [-0.25, -0.2) is 0 Å². The molecule has 2 atom stereocenters. The van der Waals surface area contributed by atoms with Gasteiger partial charge in [-0.2, -0.15) is 0 Å². The monoisotopic (exact) mass is 310 g/mol. The van der Waals surface area contributed by atoms with Crippen molar-refractivity contribution in [3.05, 3.63) is 66.0 Å². The van der Waals surface area contributed by atoms with Gasteiger partial charge in [-0.3, -0.25) is 9.78 Å². The van der Waals surface area contributed by atoms with Crippen molar-refractivity contribution in [2.45, 2.75) is 38.5 Å². The Labute approximate surface area is 137 Å². The summed E-state index contributed by atoms with van der Waals surface area (Å²) in [6.45, 7) is 3.27. The van der Waals surface area contributed by atoms with Crippen LogP contribution in [0.3, 0.4) is 0 Å². The van der Waals surface area contributed by atoms with Crippen molar-refractivity contribution in [1.29, 1.82) is 0 Å². The van der Waals surface area contributed by atoms with Gasteiger partial charge in [0.05, 0.1) is 11.7 Å². The second kappa shape index (κ2) is 7.38. The Balaban J connectivity index is 1.84. The number of aromatic nitrogens is 1. The number of hydrogen-bond acceptors (Lipinski definition) is 3. The molecule has 1 aliphatic heterocycles. The normalized spacial score (nSPS) is 18.6. The summed E-state index contributed by atoms with van der Waals surface area (Å²) in [4.78, 5) is 19.2. The van der Waals surface area contributed by atoms with Gasteiger partial charge in [-0.05, 0) is 37.5 Å². The van der Waals surface area contributed by atoms with E-state index in [2.05, 4.69) is 4.98 Å². The molecule has 0 bridgehead atoms. The Morgan fingerprint density at radius 1 is 1.26 bits per heavy atom. The van der Waals surface area contributed by atoms with E-state index >= 15 is 0 Å². The second-order valence-electron chi connectivity index (χ2n) is 5.88. The van der Waals surface area contributed by atoms with Gasteiger partial charge in [-0.15, -0.1) is 0 Å². The predicted molar refractivity (Wildman–Crippen MR) is 88.6 cm³/mol. The number of carbonyl (C=O) groups is 1. The zero-order valence-electron chi connectivity index (χ0n) is 13.4. The molecule has 0 N–H and O–H groups in total. The Morgan fingerprint density at radius 2 is 2.04 bits per heavy atom. The van der Waals surface area contributed by atoms with Crippen molar-refractivity contribution >= 4 is 5.91 Å². The van der Waals surface area contributed by atoms with Crippen LogP contribution in [0.25, 0.3) is 0 Å². The van der Waals surface area contributed by atoms with Crippen LogP contribution in [-0.2, 0) is 16.1 Å². The van der Waals surface area contributed by atoms with E-state index in [1.54, 1.807) is 6.20 Å². The summed E-state index contributed by atoms with van der Waals surface area (Å²) in [7, 11) is 0. The molecule has 1 aliphatic rings. The van der Waals surface area contributed by atoms with Crippen molar-refractivity contribution in [2.24, 2.45) is 0 Å². The molecule has 3 rings (SSSR count). The maximum Gasteiger partial charge on any atom is 0.252 e. The minimum absolute atomic E-state index is 0.0597. The minimum Gasteiger partial charge on any atom is -0.368 e. The summed E-state index contributed by atoms with van der Waals surface area (Å²) >= 11 is 0. The van der Waals surface area contributed by atoms with Crippen LogP contribution in [0.1, 0.15) is 37.1 Å². The topological polar surface area (TPSA) is 42.4 Å². The highest BCUT2D eigenvalue weighted by Crippen LogP contribution is 2.25. The first-order valence-electron chi connectivity index (χ1n) is 8.12. The Kier molecular flexibility index (Phi) is 5.03. The summed E-state index contributed by atoms with van der Waals surface area (Å²) in [6.07, 6.45) is 3.21. The van der Waals surface area contributed by atoms with Gasteiger partial charge >= 0.3 is 0 Å². The van der Waals surface area contributed by atoms with Crippen LogP contribution in [0.4, 0.5) is 0 Å². The summed E-state index contributed by atoms with van der Waals surface area (Å²) in [5.41, 5.74) is 2.01. The van der Waals surface area contributed by atoms with E-state index in [4.69, 9.17) is 4.74 Å². The summed E-state index contributed by atoms with van der Waals surface area (Å²) < 4.78 is 5.61. The van der Waals surface area contributed by atoms with Crippen molar-refractivity contribution in [3.8, 4) is 0 Å². The Hall–Kier alpha value is -2.20. The smallest absolute Gasteiger partial charge is 0.252 e. The molecule has 0 spiro atoms. The maximum absolute atomic E-state index is 12.9. The molecule has 0 radical (unpaired) electrons. The third-order valence-electron chi connectivity index (χ3n) is 4.27. The number of rotatable bonds is 5. The van der Waals surface area contributed by atoms with E-state index in [-0.39, 0.29) is 18.1 Å². The number of amides is 1. The van der Waals surface area contributed by atoms with Crippen molar-refractivity contribution < 1.29 is 9.53 Å². The lowest BCUT2D eigenvalue weighted by molar-refractivity contribution is -0.144. The molecule has 4 heteroatoms. The number of carbonyl (C=O) groups excluding carboxylic acids is 1. The van der Waals surface area contributed by atoms with Gasteiger partial charge in [0, 0.05) is 19.3 Å². The molecular weight excluding hydrogens is 288 g/mol. The minimum atomic E-state index is -0.315. The number of benzene rings is 1. The lowest BCUT2D eigenvalue weighted by Crippen LogP contribution is -2.40. The molecule has 1 fully saturated rings. The quantitative estimate of drug-likeness (QED) is 0.850. The Bertz CT molecular complexity index is 624. The molecule has 1 amide bonds. The summed E-state index contributed by atoms with van der Waals surface area (Å²) in [6, 6.07) is 15.8. The van der Waals surface area contributed by atoms with Gasteiger partial charge in [0.25, 0.3) is 5.91 Å². The van der Waals surface area contributed by atoms with Crippen molar-refractivity contribution in [2.75, 3.05) is 6.61 Å². The molecule has 1 saturated heterocycles. The molecule has 2 aromatic rings. The molecule has 1 aromatic carbocycles. The highest BCUT2D eigenvalue weighted by molar-refractivity contribution is 5.81. The van der Waals surface area contributed by atoms with Crippen LogP contribution >= 0.6 is 0 Å². The van der Waals surface area contributed by atoms with Gasteiger partial charge in [0.2, 0.25) is 0 Å². The standard InChI is InChI=1S/C19H22N2O2/c1-15(17-10-5-6-12-20-17)21(14-16-8-3-2-4-9-16)19(22)18-11-7-13-23-18/h2-6,8-10,12,15,18H,7,11,13-14H2,1H3/t15-,18-/m1/s1. The van der Waals surface area contributed by atoms with E-state index in [0.29, 0.717) is 13.2 Å². The molecule has 0 saturated carbocycles. The molecule has 1 aromatic heterocycles. The van der Waals surface area contributed by atoms with Gasteiger partial charge in [0.1, 0.15) is 6.10 Å². The van der Waals surface area contributed by atoms with Crippen LogP contribution in [0.15, 0.2) is 54.7 Å². The molecule has 23 heavy (non-hydrogen) atoms. The number of ether oxygens (including phenoxy) is 1. The highest BCUT2D eigenvalue weighted by Gasteiger charge is 2.31. The third-order valence-corrected chi connectivity index (χ3v) is 4.27. The largest absolute Gasteiger partial charge is 0.368 e. The van der Waals surface area contributed by atoms with Gasteiger partial charge in [-0.1, -0.05) is 36.4 Å². The SMILES string of the molecule is C[C@H](c1ccccn1)N(Cc1ccccc1)C(=O)[C@H]1CCCO1. The van der Waals surface area contributed by atoms with E-state index in [9.17, 15) is 4.79 Å². The predicted octanol–water partition coefficient (Wildman–Crippen LogP) is 3.35. The fourth-order valence-electron chi connectivity index (χ4n) is 2.93. The van der Waals surface area contributed by atoms with Crippen LogP contribution in [0.5, 0.6) is 0 Å². The summed E-state index contributed by atoms with van der Waals surface area (Å²) in [5.74, 6) is 0.0597. The Morgan fingerprint density at radius 3 is 2.70 bits per heavy atom.